The number of hydrogen-bond donors (Lipinski definition) is 2. The van der Waals surface area contributed by atoms with Crippen molar-refractivity contribution in [2.75, 3.05) is 12.3 Å². The van der Waals surface area contributed by atoms with E-state index in [0.29, 0.717) is 12.0 Å². The van der Waals surface area contributed by atoms with Crippen molar-refractivity contribution in [1.29, 1.82) is 0 Å². The maximum Gasteiger partial charge on any atom is 0.266 e. The number of rotatable bonds is 11. The summed E-state index contributed by atoms with van der Waals surface area (Å²) in [7, 11) is -4.16. The van der Waals surface area contributed by atoms with Gasteiger partial charge in [-0.25, -0.2) is 4.98 Å². The molecule has 6 rings (SSSR count). The van der Waals surface area contributed by atoms with Gasteiger partial charge < -0.3 is 5.32 Å². The lowest BCUT2D eigenvalue weighted by molar-refractivity contribution is 0.0956. The summed E-state index contributed by atoms with van der Waals surface area (Å²) in [6, 6.07) is 39.1. The summed E-state index contributed by atoms with van der Waals surface area (Å²) in [5, 5.41) is 6.36. The molecule has 0 saturated heterocycles. The van der Waals surface area contributed by atoms with Crippen LogP contribution in [0.5, 0.6) is 0 Å². The van der Waals surface area contributed by atoms with Crippen molar-refractivity contribution in [1.82, 2.24) is 10.3 Å². The molecule has 9 heteroatoms. The maximum atomic E-state index is 12.6. The van der Waals surface area contributed by atoms with Crippen LogP contribution in [0.2, 0.25) is 5.02 Å². The van der Waals surface area contributed by atoms with E-state index < -0.39 is 21.8 Å². The number of aryl methyl sites for hydroxylation is 1. The van der Waals surface area contributed by atoms with Crippen molar-refractivity contribution in [3.05, 3.63) is 158 Å². The second-order valence-corrected chi connectivity index (χ2v) is 17.0. The van der Waals surface area contributed by atoms with E-state index in [4.69, 9.17) is 21.1 Å². The molecule has 0 saturated carbocycles. The van der Waals surface area contributed by atoms with Crippen LogP contribution in [-0.2, 0) is 22.0 Å². The molecule has 1 aromatic heterocycles. The third kappa shape index (κ3) is 9.24. The minimum absolute atomic E-state index is 0.0403. The number of carbonyl (C=O) groups is 1. The Bertz CT molecular complexity index is 2270. The SMILES string of the molecule is Cc1cc(Cl)ccc1-c1ccc(-c2csc(C(Cc3ccc(C(=O)NCCS(=O)(=O)O)cc3)c3ccc(-c4ccc(C(C)(C)C)cc4)cc3)n2)cc1. The number of aromatic nitrogens is 1. The highest BCUT2D eigenvalue weighted by Gasteiger charge is 2.21. The first-order chi connectivity index (χ1) is 24.7. The molecule has 1 heterocycles. The van der Waals surface area contributed by atoms with Gasteiger partial charge in [-0.3, -0.25) is 9.35 Å². The normalized spacial score (nSPS) is 12.4. The summed E-state index contributed by atoms with van der Waals surface area (Å²) in [5.74, 6) is -0.984. The Morgan fingerprint density at radius 1 is 0.827 bits per heavy atom. The van der Waals surface area contributed by atoms with Crippen molar-refractivity contribution in [2.45, 2.75) is 45.4 Å². The van der Waals surface area contributed by atoms with Crippen molar-refractivity contribution < 1.29 is 17.8 Å². The van der Waals surface area contributed by atoms with Gasteiger partial charge in [-0.15, -0.1) is 11.3 Å². The van der Waals surface area contributed by atoms with Gasteiger partial charge in [0.25, 0.3) is 16.0 Å². The van der Waals surface area contributed by atoms with E-state index >= 15 is 0 Å². The molecule has 0 aliphatic rings. The zero-order valence-corrected chi connectivity index (χ0v) is 31.9. The maximum absolute atomic E-state index is 12.6. The van der Waals surface area contributed by atoms with Crippen LogP contribution >= 0.6 is 22.9 Å². The molecular weight excluding hydrogens is 708 g/mol. The summed E-state index contributed by atoms with van der Waals surface area (Å²) in [6.07, 6.45) is 0.659. The number of nitrogens with zero attached hydrogens (tertiary/aromatic N) is 1. The minimum Gasteiger partial charge on any atom is -0.351 e. The van der Waals surface area contributed by atoms with Gasteiger partial charge in [0.05, 0.1) is 11.4 Å². The Labute approximate surface area is 315 Å². The molecule has 0 spiro atoms. The van der Waals surface area contributed by atoms with E-state index in [1.54, 1.807) is 23.5 Å². The van der Waals surface area contributed by atoms with Crippen LogP contribution in [-0.4, -0.2) is 36.2 Å². The molecule has 1 unspecified atom stereocenters. The number of halogens is 1. The van der Waals surface area contributed by atoms with Crippen LogP contribution in [0.4, 0.5) is 0 Å². The van der Waals surface area contributed by atoms with Gasteiger partial charge in [0, 0.05) is 34.0 Å². The number of amides is 1. The lowest BCUT2D eigenvalue weighted by atomic mass is 9.86. The van der Waals surface area contributed by atoms with Gasteiger partial charge in [-0.2, -0.15) is 8.42 Å². The average molecular weight is 749 g/mol. The Hall–Kier alpha value is -4.60. The van der Waals surface area contributed by atoms with Crippen LogP contribution in [0.15, 0.2) is 121 Å². The molecule has 52 heavy (non-hydrogen) atoms. The van der Waals surface area contributed by atoms with Crippen molar-refractivity contribution in [3.63, 3.8) is 0 Å². The highest BCUT2D eigenvalue weighted by Crippen LogP contribution is 2.36. The van der Waals surface area contributed by atoms with E-state index in [-0.39, 0.29) is 17.9 Å². The molecule has 1 amide bonds. The highest BCUT2D eigenvalue weighted by molar-refractivity contribution is 7.85. The first kappa shape index (κ1) is 37.2. The van der Waals surface area contributed by atoms with Gasteiger partial charge in [0.2, 0.25) is 0 Å². The van der Waals surface area contributed by atoms with E-state index in [9.17, 15) is 13.2 Å². The molecule has 5 aromatic carbocycles. The molecule has 0 bridgehead atoms. The van der Waals surface area contributed by atoms with Crippen LogP contribution in [0.3, 0.4) is 0 Å². The Kier molecular flexibility index (Phi) is 11.1. The summed E-state index contributed by atoms with van der Waals surface area (Å²) in [4.78, 5) is 17.8. The largest absolute Gasteiger partial charge is 0.351 e. The molecule has 6 nitrogen and oxygen atoms in total. The Morgan fingerprint density at radius 3 is 2.02 bits per heavy atom. The van der Waals surface area contributed by atoms with E-state index in [2.05, 4.69) is 111 Å². The molecule has 0 radical (unpaired) electrons. The highest BCUT2D eigenvalue weighted by atomic mass is 35.5. The van der Waals surface area contributed by atoms with Gasteiger partial charge >= 0.3 is 0 Å². The molecule has 2 N–H and O–H groups in total. The average Bonchev–Trinajstić information content (AvgIpc) is 3.60. The molecular formula is C43H41ClN2O4S2. The van der Waals surface area contributed by atoms with Crippen LogP contribution in [0.25, 0.3) is 33.5 Å². The molecule has 0 aliphatic carbocycles. The van der Waals surface area contributed by atoms with Gasteiger partial charge in [0.15, 0.2) is 0 Å². The van der Waals surface area contributed by atoms with Crippen LogP contribution in [0, 0.1) is 6.92 Å². The van der Waals surface area contributed by atoms with E-state index in [0.717, 1.165) is 60.2 Å². The molecule has 266 valence electrons. The predicted molar refractivity (Wildman–Crippen MR) is 214 cm³/mol. The lowest BCUT2D eigenvalue weighted by Gasteiger charge is -2.19. The zero-order chi connectivity index (χ0) is 37.0. The van der Waals surface area contributed by atoms with E-state index in [1.165, 1.54) is 5.56 Å². The van der Waals surface area contributed by atoms with Gasteiger partial charge in [-0.1, -0.05) is 123 Å². The van der Waals surface area contributed by atoms with Crippen molar-refractivity contribution in [3.8, 4) is 33.5 Å². The van der Waals surface area contributed by atoms with Crippen LogP contribution in [0.1, 0.15) is 64.3 Å². The third-order valence-electron chi connectivity index (χ3n) is 9.20. The first-order valence-corrected chi connectivity index (χ1v) is 20.0. The molecule has 1 atom stereocenters. The standard InChI is InChI=1S/C43H41ClN2O4S2/c1-28-25-37(44)21-22-38(28)32-13-15-34(16-14-32)40-27-51-42(46-40)39(26-29-5-7-35(8-6-29)41(47)45-23-24-52(48,49)50)33-11-9-30(10-12-33)31-17-19-36(20-18-31)43(2,3)4/h5-22,25,27,39H,23-24,26H2,1-4H3,(H,45,47)(H,48,49,50). The number of thiazole rings is 1. The second-order valence-electron chi connectivity index (χ2n) is 14.1. The zero-order valence-electron chi connectivity index (χ0n) is 29.6. The number of hydrogen-bond acceptors (Lipinski definition) is 5. The smallest absolute Gasteiger partial charge is 0.266 e. The third-order valence-corrected chi connectivity index (χ3v) is 11.1. The quantitative estimate of drug-likeness (QED) is 0.129. The Balaban J connectivity index is 1.26. The number of nitrogens with one attached hydrogen (secondary N) is 1. The number of carbonyl (C=O) groups excluding carboxylic acids is 1. The minimum atomic E-state index is -4.16. The summed E-state index contributed by atoms with van der Waals surface area (Å²) in [6.45, 7) is 8.54. The predicted octanol–water partition coefficient (Wildman–Crippen LogP) is 10.4. The van der Waals surface area contributed by atoms with Gasteiger partial charge in [0.1, 0.15) is 5.01 Å². The van der Waals surface area contributed by atoms with Gasteiger partial charge in [-0.05, 0) is 87.5 Å². The Morgan fingerprint density at radius 2 is 1.42 bits per heavy atom. The fourth-order valence-corrected chi connectivity index (χ4v) is 7.74. The van der Waals surface area contributed by atoms with Crippen molar-refractivity contribution >= 4 is 39.0 Å². The number of benzene rings is 5. The monoisotopic (exact) mass is 748 g/mol. The van der Waals surface area contributed by atoms with Crippen molar-refractivity contribution in [2.24, 2.45) is 0 Å². The molecule has 6 aromatic rings. The molecule has 0 aliphatic heterocycles. The summed E-state index contributed by atoms with van der Waals surface area (Å²) < 4.78 is 31.0. The summed E-state index contributed by atoms with van der Waals surface area (Å²) >= 11 is 7.82. The lowest BCUT2D eigenvalue weighted by Crippen LogP contribution is -2.28. The topological polar surface area (TPSA) is 96.4 Å². The molecule has 0 fully saturated rings. The fourth-order valence-electron chi connectivity index (χ4n) is 6.19. The van der Waals surface area contributed by atoms with E-state index in [1.807, 2.05) is 30.3 Å². The summed E-state index contributed by atoms with van der Waals surface area (Å²) in [5.41, 5.74) is 11.6. The fraction of sp³-hybridized carbons (Fsp3) is 0.209. The van der Waals surface area contributed by atoms with Crippen LogP contribution < -0.4 is 5.32 Å². The first-order valence-electron chi connectivity index (χ1n) is 17.1. The second kappa shape index (κ2) is 15.6.